The molecule has 0 spiro atoms. The Morgan fingerprint density at radius 3 is 2.88 bits per heavy atom. The number of likely N-dealkylation sites (tertiary alicyclic amines) is 1. The number of carbonyl (C=O) groups is 2. The summed E-state index contributed by atoms with van der Waals surface area (Å²) in [6, 6.07) is 7.47. The van der Waals surface area contributed by atoms with Crippen molar-refractivity contribution in [3.8, 4) is 0 Å². The van der Waals surface area contributed by atoms with Crippen LogP contribution in [0.4, 0.5) is 4.79 Å². The van der Waals surface area contributed by atoms with Gasteiger partial charge < -0.3 is 20.0 Å². The van der Waals surface area contributed by atoms with Crippen LogP contribution in [0, 0.1) is 6.92 Å². The van der Waals surface area contributed by atoms with Crippen LogP contribution in [0.25, 0.3) is 11.0 Å². The van der Waals surface area contributed by atoms with Crippen molar-refractivity contribution in [2.75, 3.05) is 13.1 Å². The molecule has 1 aromatic carbocycles. The molecule has 1 saturated heterocycles. The summed E-state index contributed by atoms with van der Waals surface area (Å²) in [5.41, 5.74) is 1.87. The first-order valence-electron chi connectivity index (χ1n) is 8.33. The van der Waals surface area contributed by atoms with Crippen molar-refractivity contribution in [2.24, 2.45) is 0 Å². The molecule has 2 aromatic rings. The molecular formula is C18H23N3O3. The van der Waals surface area contributed by atoms with Crippen molar-refractivity contribution in [3.63, 3.8) is 0 Å². The quantitative estimate of drug-likeness (QED) is 0.885. The normalized spacial score (nSPS) is 15.8. The van der Waals surface area contributed by atoms with Crippen LogP contribution in [0.15, 0.2) is 28.7 Å². The van der Waals surface area contributed by atoms with Gasteiger partial charge in [0, 0.05) is 36.5 Å². The first kappa shape index (κ1) is 16.4. The van der Waals surface area contributed by atoms with Crippen molar-refractivity contribution in [1.82, 2.24) is 15.5 Å². The fraction of sp³-hybridized carbons (Fsp3) is 0.444. The van der Waals surface area contributed by atoms with Gasteiger partial charge >= 0.3 is 6.03 Å². The summed E-state index contributed by atoms with van der Waals surface area (Å²) in [4.78, 5) is 25.5. The summed E-state index contributed by atoms with van der Waals surface area (Å²) in [7, 11) is 0. The fourth-order valence-electron chi connectivity index (χ4n) is 3.10. The van der Waals surface area contributed by atoms with E-state index in [2.05, 4.69) is 10.6 Å². The zero-order chi connectivity index (χ0) is 17.1. The summed E-state index contributed by atoms with van der Waals surface area (Å²) in [5, 5.41) is 6.75. The van der Waals surface area contributed by atoms with Crippen LogP contribution in [0.3, 0.4) is 0 Å². The number of amides is 3. The zero-order valence-corrected chi connectivity index (χ0v) is 14.1. The molecule has 1 aliphatic rings. The molecule has 0 saturated carbocycles. The minimum absolute atomic E-state index is 0.0937. The van der Waals surface area contributed by atoms with Crippen LogP contribution < -0.4 is 10.6 Å². The van der Waals surface area contributed by atoms with Gasteiger partial charge in [-0.3, -0.25) is 4.79 Å². The van der Waals surface area contributed by atoms with Crippen molar-refractivity contribution in [2.45, 2.75) is 39.3 Å². The number of para-hydroxylation sites is 1. The maximum absolute atomic E-state index is 12.0. The highest BCUT2D eigenvalue weighted by Crippen LogP contribution is 2.24. The molecule has 1 atom stereocenters. The average molecular weight is 329 g/mol. The largest absolute Gasteiger partial charge is 0.459 e. The van der Waals surface area contributed by atoms with Gasteiger partial charge in [-0.2, -0.15) is 0 Å². The monoisotopic (exact) mass is 329 g/mol. The summed E-state index contributed by atoms with van der Waals surface area (Å²) in [5.74, 6) is 0.927. The highest BCUT2D eigenvalue weighted by molar-refractivity contribution is 5.82. The van der Waals surface area contributed by atoms with E-state index >= 15 is 0 Å². The maximum Gasteiger partial charge on any atom is 0.315 e. The molecule has 24 heavy (non-hydrogen) atoms. The Bertz CT molecular complexity index is 753. The predicted molar refractivity (Wildman–Crippen MR) is 91.6 cm³/mol. The van der Waals surface area contributed by atoms with E-state index in [0.717, 1.165) is 35.3 Å². The molecule has 1 fully saturated rings. The number of hydrogen-bond acceptors (Lipinski definition) is 3. The van der Waals surface area contributed by atoms with E-state index in [4.69, 9.17) is 4.42 Å². The molecule has 2 N–H and O–H groups in total. The summed E-state index contributed by atoms with van der Waals surface area (Å²) >= 11 is 0. The van der Waals surface area contributed by atoms with E-state index in [1.165, 1.54) is 0 Å². The van der Waals surface area contributed by atoms with Crippen molar-refractivity contribution < 1.29 is 14.0 Å². The first-order chi connectivity index (χ1) is 11.5. The van der Waals surface area contributed by atoms with Gasteiger partial charge in [0.15, 0.2) is 0 Å². The second-order valence-electron chi connectivity index (χ2n) is 6.32. The fourth-order valence-corrected chi connectivity index (χ4v) is 3.10. The van der Waals surface area contributed by atoms with Gasteiger partial charge in [-0.25, -0.2) is 4.79 Å². The molecule has 6 nitrogen and oxygen atoms in total. The number of fused-ring (bicyclic) bond motifs is 1. The predicted octanol–water partition coefficient (Wildman–Crippen LogP) is 2.55. The smallest absolute Gasteiger partial charge is 0.315 e. The lowest BCUT2D eigenvalue weighted by Crippen LogP contribution is -2.46. The number of rotatable bonds is 5. The number of urea groups is 1. The topological polar surface area (TPSA) is 74.6 Å². The zero-order valence-electron chi connectivity index (χ0n) is 14.1. The van der Waals surface area contributed by atoms with E-state index in [0.29, 0.717) is 19.5 Å². The number of nitrogens with one attached hydrogen (secondary N) is 2. The Morgan fingerprint density at radius 2 is 2.17 bits per heavy atom. The van der Waals surface area contributed by atoms with Gasteiger partial charge in [0.1, 0.15) is 11.3 Å². The van der Waals surface area contributed by atoms with Gasteiger partial charge in [-0.05, 0) is 26.3 Å². The lowest BCUT2D eigenvalue weighted by molar-refractivity contribution is -0.127. The molecule has 6 heteroatoms. The molecule has 0 unspecified atom stereocenters. The molecule has 0 aliphatic carbocycles. The van der Waals surface area contributed by atoms with E-state index in [1.807, 2.05) is 38.1 Å². The van der Waals surface area contributed by atoms with Crippen LogP contribution >= 0.6 is 0 Å². The number of nitrogens with zero attached hydrogens (tertiary/aromatic N) is 1. The van der Waals surface area contributed by atoms with E-state index in [1.54, 1.807) is 4.90 Å². The van der Waals surface area contributed by atoms with Crippen molar-refractivity contribution in [3.05, 3.63) is 35.6 Å². The maximum atomic E-state index is 12.0. The standard InChI is InChI=1S/C18H23N3O3/c1-12(11-21-9-5-8-17(21)22)20-18(23)19-10-16-13(2)14-6-3-4-7-15(14)24-16/h3-4,6-7,12H,5,8-11H2,1-2H3,(H2,19,20,23)/t12-/m1/s1. The molecular weight excluding hydrogens is 306 g/mol. The van der Waals surface area contributed by atoms with Gasteiger partial charge in [0.2, 0.25) is 5.91 Å². The summed E-state index contributed by atoms with van der Waals surface area (Å²) < 4.78 is 5.78. The molecule has 128 valence electrons. The van der Waals surface area contributed by atoms with Gasteiger partial charge in [-0.15, -0.1) is 0 Å². The Hall–Kier alpha value is -2.50. The second-order valence-corrected chi connectivity index (χ2v) is 6.32. The van der Waals surface area contributed by atoms with Crippen molar-refractivity contribution in [1.29, 1.82) is 0 Å². The van der Waals surface area contributed by atoms with Gasteiger partial charge in [0.05, 0.1) is 6.54 Å². The van der Waals surface area contributed by atoms with Crippen LogP contribution in [0.5, 0.6) is 0 Å². The van der Waals surface area contributed by atoms with E-state index < -0.39 is 0 Å². The second kappa shape index (κ2) is 6.95. The summed E-state index contributed by atoms with van der Waals surface area (Å²) in [6.45, 7) is 5.56. The first-order valence-corrected chi connectivity index (χ1v) is 8.33. The number of furan rings is 1. The highest BCUT2D eigenvalue weighted by Gasteiger charge is 2.22. The average Bonchev–Trinajstić information content (AvgIpc) is 3.10. The molecule has 3 rings (SSSR count). The van der Waals surface area contributed by atoms with E-state index in [9.17, 15) is 9.59 Å². The van der Waals surface area contributed by atoms with Gasteiger partial charge in [-0.1, -0.05) is 18.2 Å². The Morgan fingerprint density at radius 1 is 1.38 bits per heavy atom. The van der Waals surface area contributed by atoms with Crippen LogP contribution in [-0.2, 0) is 11.3 Å². The molecule has 0 bridgehead atoms. The third-order valence-electron chi connectivity index (χ3n) is 4.40. The minimum Gasteiger partial charge on any atom is -0.459 e. The molecule has 1 aliphatic heterocycles. The summed E-state index contributed by atoms with van der Waals surface area (Å²) in [6.07, 6.45) is 1.52. The third-order valence-corrected chi connectivity index (χ3v) is 4.40. The van der Waals surface area contributed by atoms with Crippen LogP contribution in [-0.4, -0.2) is 36.0 Å². The Kier molecular flexibility index (Phi) is 4.74. The number of aryl methyl sites for hydroxylation is 1. The SMILES string of the molecule is Cc1c(CNC(=O)N[C@H](C)CN2CCCC2=O)oc2ccccc12. The number of carbonyl (C=O) groups excluding carboxylic acids is 2. The molecule has 1 aromatic heterocycles. The van der Waals surface area contributed by atoms with Gasteiger partial charge in [0.25, 0.3) is 0 Å². The molecule has 2 heterocycles. The third kappa shape index (κ3) is 3.53. The highest BCUT2D eigenvalue weighted by atomic mass is 16.3. The van der Waals surface area contributed by atoms with E-state index in [-0.39, 0.29) is 18.0 Å². The Balaban J connectivity index is 1.51. The van der Waals surface area contributed by atoms with Crippen molar-refractivity contribution >= 4 is 22.9 Å². The Labute approximate surface area is 141 Å². The van der Waals surface area contributed by atoms with Crippen LogP contribution in [0.1, 0.15) is 31.1 Å². The molecule has 3 amide bonds. The number of hydrogen-bond donors (Lipinski definition) is 2. The lowest BCUT2D eigenvalue weighted by Gasteiger charge is -2.21. The minimum atomic E-state index is -0.256. The number of benzene rings is 1. The lowest BCUT2D eigenvalue weighted by atomic mass is 10.1. The molecule has 0 radical (unpaired) electrons. The van der Waals surface area contributed by atoms with Crippen LogP contribution in [0.2, 0.25) is 0 Å².